The molecule has 1 fully saturated rings. The lowest BCUT2D eigenvalue weighted by Crippen LogP contribution is -2.25. The van der Waals surface area contributed by atoms with Crippen molar-refractivity contribution in [2.75, 3.05) is 16.8 Å². The van der Waals surface area contributed by atoms with E-state index in [0.717, 1.165) is 5.01 Å². The lowest BCUT2D eigenvalue weighted by atomic mass is 10.1. The van der Waals surface area contributed by atoms with Crippen LogP contribution in [0.3, 0.4) is 0 Å². The molecule has 94 valence electrons. The SMILES string of the molecule is c1csc(-c2ccc(NC3CCCSC3)cc2)n1. The van der Waals surface area contributed by atoms with E-state index in [4.69, 9.17) is 0 Å². The van der Waals surface area contributed by atoms with Gasteiger partial charge >= 0.3 is 0 Å². The van der Waals surface area contributed by atoms with E-state index in [2.05, 4.69) is 46.3 Å². The summed E-state index contributed by atoms with van der Waals surface area (Å²) >= 11 is 3.74. The number of hydrogen-bond acceptors (Lipinski definition) is 4. The fourth-order valence-electron chi connectivity index (χ4n) is 2.17. The van der Waals surface area contributed by atoms with Crippen LogP contribution in [-0.2, 0) is 0 Å². The maximum atomic E-state index is 4.33. The molecule has 1 saturated heterocycles. The molecule has 1 aliphatic rings. The zero-order valence-electron chi connectivity index (χ0n) is 10.1. The molecule has 0 radical (unpaired) electrons. The maximum absolute atomic E-state index is 4.33. The van der Waals surface area contributed by atoms with Crippen LogP contribution in [0.1, 0.15) is 12.8 Å². The fourth-order valence-corrected chi connectivity index (χ4v) is 3.88. The van der Waals surface area contributed by atoms with E-state index in [1.807, 2.05) is 11.6 Å². The van der Waals surface area contributed by atoms with Crippen LogP contribution in [0.15, 0.2) is 35.8 Å². The van der Waals surface area contributed by atoms with Gasteiger partial charge in [0.2, 0.25) is 0 Å². The van der Waals surface area contributed by atoms with Gasteiger partial charge in [0.05, 0.1) is 0 Å². The second-order valence-corrected chi connectivity index (χ2v) is 6.52. The number of hydrogen-bond donors (Lipinski definition) is 1. The second-order valence-electron chi connectivity index (χ2n) is 4.47. The Hall–Kier alpha value is -1.00. The molecule has 0 bridgehead atoms. The molecular formula is C14H16N2S2. The van der Waals surface area contributed by atoms with Crippen LogP contribution < -0.4 is 5.32 Å². The maximum Gasteiger partial charge on any atom is 0.123 e. The molecule has 1 aliphatic heterocycles. The standard InChI is InChI=1S/C14H16N2S2/c1-2-13(10-17-8-1)16-12-5-3-11(4-6-12)14-15-7-9-18-14/h3-7,9,13,16H,1-2,8,10H2. The molecule has 0 aliphatic carbocycles. The Morgan fingerprint density at radius 1 is 1.22 bits per heavy atom. The van der Waals surface area contributed by atoms with Crippen molar-refractivity contribution < 1.29 is 0 Å². The number of rotatable bonds is 3. The fraction of sp³-hybridized carbons (Fsp3) is 0.357. The molecule has 2 aromatic rings. The minimum absolute atomic E-state index is 0.634. The monoisotopic (exact) mass is 276 g/mol. The third-order valence-electron chi connectivity index (χ3n) is 3.10. The van der Waals surface area contributed by atoms with Gasteiger partial charge in [-0.1, -0.05) is 0 Å². The number of anilines is 1. The van der Waals surface area contributed by atoms with E-state index in [9.17, 15) is 0 Å². The zero-order chi connectivity index (χ0) is 12.2. The summed E-state index contributed by atoms with van der Waals surface area (Å²) in [5, 5.41) is 6.72. The molecule has 0 saturated carbocycles. The summed E-state index contributed by atoms with van der Waals surface area (Å²) in [6, 6.07) is 9.26. The predicted octanol–water partition coefficient (Wildman–Crippen LogP) is 4.12. The Morgan fingerprint density at radius 3 is 2.78 bits per heavy atom. The normalized spacial score (nSPS) is 19.7. The number of aromatic nitrogens is 1. The van der Waals surface area contributed by atoms with Crippen molar-refractivity contribution in [3.8, 4) is 10.6 Å². The average molecular weight is 276 g/mol. The van der Waals surface area contributed by atoms with Crippen LogP contribution in [0, 0.1) is 0 Å². The van der Waals surface area contributed by atoms with Gasteiger partial charge in [0, 0.05) is 34.6 Å². The molecule has 1 aromatic carbocycles. The van der Waals surface area contributed by atoms with Gasteiger partial charge in [-0.3, -0.25) is 0 Å². The highest BCUT2D eigenvalue weighted by Gasteiger charge is 2.13. The molecule has 1 N–H and O–H groups in total. The number of benzene rings is 1. The lowest BCUT2D eigenvalue weighted by molar-refractivity contribution is 0.685. The summed E-state index contributed by atoms with van der Waals surface area (Å²) in [5.74, 6) is 2.55. The van der Waals surface area contributed by atoms with Gasteiger partial charge in [-0.2, -0.15) is 11.8 Å². The molecule has 18 heavy (non-hydrogen) atoms. The highest BCUT2D eigenvalue weighted by atomic mass is 32.2. The largest absolute Gasteiger partial charge is 0.381 e. The van der Waals surface area contributed by atoms with Crippen LogP contribution in [0.4, 0.5) is 5.69 Å². The number of thiazole rings is 1. The van der Waals surface area contributed by atoms with Gasteiger partial charge in [-0.05, 0) is 42.9 Å². The first-order valence-electron chi connectivity index (χ1n) is 6.26. The van der Waals surface area contributed by atoms with Crippen molar-refractivity contribution >= 4 is 28.8 Å². The minimum Gasteiger partial charge on any atom is -0.381 e. The number of thioether (sulfide) groups is 1. The molecule has 3 rings (SSSR count). The Balaban J connectivity index is 1.67. The Labute approximate surface area is 116 Å². The summed E-state index contributed by atoms with van der Waals surface area (Å²) in [4.78, 5) is 4.33. The summed E-state index contributed by atoms with van der Waals surface area (Å²) in [6.07, 6.45) is 4.48. The van der Waals surface area contributed by atoms with E-state index in [1.165, 1.54) is 35.6 Å². The first-order valence-corrected chi connectivity index (χ1v) is 8.29. The molecule has 0 spiro atoms. The first-order chi connectivity index (χ1) is 8.92. The van der Waals surface area contributed by atoms with Crippen molar-refractivity contribution in [1.82, 2.24) is 4.98 Å². The number of nitrogens with one attached hydrogen (secondary N) is 1. The van der Waals surface area contributed by atoms with Crippen LogP contribution >= 0.6 is 23.1 Å². The highest BCUT2D eigenvalue weighted by molar-refractivity contribution is 7.99. The van der Waals surface area contributed by atoms with Crippen molar-refractivity contribution in [3.63, 3.8) is 0 Å². The molecule has 0 amide bonds. The third kappa shape index (κ3) is 2.87. The molecule has 4 heteroatoms. The van der Waals surface area contributed by atoms with Crippen molar-refractivity contribution in [2.24, 2.45) is 0 Å². The zero-order valence-corrected chi connectivity index (χ0v) is 11.8. The lowest BCUT2D eigenvalue weighted by Gasteiger charge is -2.23. The quantitative estimate of drug-likeness (QED) is 0.913. The van der Waals surface area contributed by atoms with Gasteiger partial charge < -0.3 is 5.32 Å². The molecule has 1 aromatic heterocycles. The van der Waals surface area contributed by atoms with Crippen molar-refractivity contribution in [3.05, 3.63) is 35.8 Å². The second kappa shape index (κ2) is 5.76. The van der Waals surface area contributed by atoms with E-state index in [0.29, 0.717) is 6.04 Å². The molecule has 1 atom stereocenters. The molecule has 2 nitrogen and oxygen atoms in total. The summed E-state index contributed by atoms with van der Waals surface area (Å²) in [7, 11) is 0. The van der Waals surface area contributed by atoms with Gasteiger partial charge in [0.15, 0.2) is 0 Å². The summed E-state index contributed by atoms with van der Waals surface area (Å²) in [5.41, 5.74) is 2.43. The Bertz CT molecular complexity index is 473. The van der Waals surface area contributed by atoms with Crippen LogP contribution in [0.25, 0.3) is 10.6 Å². The predicted molar refractivity (Wildman–Crippen MR) is 81.5 cm³/mol. The summed E-state index contributed by atoms with van der Waals surface area (Å²) < 4.78 is 0. The van der Waals surface area contributed by atoms with E-state index in [1.54, 1.807) is 11.3 Å². The number of nitrogens with zero attached hydrogens (tertiary/aromatic N) is 1. The van der Waals surface area contributed by atoms with Crippen LogP contribution in [-0.4, -0.2) is 22.5 Å². The van der Waals surface area contributed by atoms with E-state index >= 15 is 0 Å². The average Bonchev–Trinajstić information content (AvgIpc) is 2.95. The van der Waals surface area contributed by atoms with Crippen LogP contribution in [0.2, 0.25) is 0 Å². The van der Waals surface area contributed by atoms with Crippen LogP contribution in [0.5, 0.6) is 0 Å². The Morgan fingerprint density at radius 2 is 2.11 bits per heavy atom. The minimum atomic E-state index is 0.634. The molecular weight excluding hydrogens is 260 g/mol. The first kappa shape index (κ1) is 12.1. The molecule has 2 heterocycles. The van der Waals surface area contributed by atoms with E-state index < -0.39 is 0 Å². The Kier molecular flexibility index (Phi) is 3.86. The highest BCUT2D eigenvalue weighted by Crippen LogP contribution is 2.25. The van der Waals surface area contributed by atoms with Crippen molar-refractivity contribution in [2.45, 2.75) is 18.9 Å². The van der Waals surface area contributed by atoms with Gasteiger partial charge in [-0.15, -0.1) is 11.3 Å². The third-order valence-corrected chi connectivity index (χ3v) is 5.13. The van der Waals surface area contributed by atoms with E-state index in [-0.39, 0.29) is 0 Å². The smallest absolute Gasteiger partial charge is 0.123 e. The molecule has 1 unspecified atom stereocenters. The van der Waals surface area contributed by atoms with Gasteiger partial charge in [-0.25, -0.2) is 4.98 Å². The van der Waals surface area contributed by atoms with Gasteiger partial charge in [0.25, 0.3) is 0 Å². The van der Waals surface area contributed by atoms with Gasteiger partial charge in [0.1, 0.15) is 5.01 Å². The van der Waals surface area contributed by atoms with Crippen molar-refractivity contribution in [1.29, 1.82) is 0 Å². The topological polar surface area (TPSA) is 24.9 Å². The summed E-state index contributed by atoms with van der Waals surface area (Å²) in [6.45, 7) is 0.